The molecule has 2 heterocycles. The Morgan fingerprint density at radius 2 is 1.81 bits per heavy atom. The average molecular weight is 364 g/mol. The third-order valence-electron chi connectivity index (χ3n) is 4.81. The summed E-state index contributed by atoms with van der Waals surface area (Å²) in [7, 11) is 0. The van der Waals surface area contributed by atoms with E-state index >= 15 is 0 Å². The number of aryl methyl sites for hydroxylation is 1. The summed E-state index contributed by atoms with van der Waals surface area (Å²) in [6.45, 7) is 8.22. The van der Waals surface area contributed by atoms with Gasteiger partial charge >= 0.3 is 6.03 Å². The number of aromatic nitrogens is 2. The predicted octanol–water partition coefficient (Wildman–Crippen LogP) is 5.38. The smallest absolute Gasteiger partial charge is 0.326 e. The van der Waals surface area contributed by atoms with Crippen molar-refractivity contribution in [1.29, 1.82) is 0 Å². The molecule has 140 valence electrons. The molecule has 0 unspecified atom stereocenters. The number of hydrogen-bond acceptors (Lipinski definition) is 4. The van der Waals surface area contributed by atoms with Crippen molar-refractivity contribution in [2.24, 2.45) is 0 Å². The molecule has 6 heteroatoms. The summed E-state index contributed by atoms with van der Waals surface area (Å²) in [6, 6.07) is 11.2. The van der Waals surface area contributed by atoms with Gasteiger partial charge in [0.25, 0.3) is 0 Å². The number of hydrogen-bond donors (Lipinski definition) is 2. The fourth-order valence-corrected chi connectivity index (χ4v) is 2.63. The van der Waals surface area contributed by atoms with Crippen molar-refractivity contribution in [3.05, 3.63) is 60.0 Å². The number of carbonyl (C=O) groups excluding carboxylic acids is 1. The van der Waals surface area contributed by atoms with E-state index in [9.17, 15) is 4.79 Å². The standard InChI is InChI=1S/C21H24N4O2/c1-5-21(3,4)18-13-19(27-25-18)24-20(26)23-17-7-6-16(12-14(17)2)15-8-10-22-11-9-15/h6-13H,5H2,1-4H3,(H2,23,24,26). The summed E-state index contributed by atoms with van der Waals surface area (Å²) in [5.74, 6) is 0.329. The summed E-state index contributed by atoms with van der Waals surface area (Å²) < 4.78 is 5.24. The summed E-state index contributed by atoms with van der Waals surface area (Å²) in [6.07, 6.45) is 4.44. The zero-order chi connectivity index (χ0) is 19.4. The second-order valence-corrected chi connectivity index (χ2v) is 7.16. The predicted molar refractivity (Wildman–Crippen MR) is 107 cm³/mol. The van der Waals surface area contributed by atoms with Crippen molar-refractivity contribution >= 4 is 17.6 Å². The molecule has 0 aliphatic rings. The second-order valence-electron chi connectivity index (χ2n) is 7.16. The number of rotatable bonds is 5. The van der Waals surface area contributed by atoms with E-state index in [0.29, 0.717) is 5.88 Å². The summed E-state index contributed by atoms with van der Waals surface area (Å²) in [5.41, 5.74) is 4.57. The van der Waals surface area contributed by atoms with E-state index < -0.39 is 0 Å². The van der Waals surface area contributed by atoms with Crippen molar-refractivity contribution in [2.45, 2.75) is 39.5 Å². The maximum atomic E-state index is 12.3. The first-order valence-corrected chi connectivity index (χ1v) is 8.95. The summed E-state index contributed by atoms with van der Waals surface area (Å²) >= 11 is 0. The number of nitrogens with zero attached hydrogens (tertiary/aromatic N) is 2. The van der Waals surface area contributed by atoms with Crippen molar-refractivity contribution in [1.82, 2.24) is 10.1 Å². The van der Waals surface area contributed by atoms with Crippen LogP contribution < -0.4 is 10.6 Å². The molecular weight excluding hydrogens is 340 g/mol. The normalized spacial score (nSPS) is 11.3. The molecule has 3 rings (SSSR count). The van der Waals surface area contributed by atoms with Crippen LogP contribution in [0.15, 0.2) is 53.3 Å². The Kier molecular flexibility index (Phi) is 5.26. The van der Waals surface area contributed by atoms with Crippen molar-refractivity contribution in [3.63, 3.8) is 0 Å². The molecule has 27 heavy (non-hydrogen) atoms. The lowest BCUT2D eigenvalue weighted by molar-refractivity contribution is 0.261. The molecule has 0 saturated carbocycles. The Labute approximate surface area is 159 Å². The third-order valence-corrected chi connectivity index (χ3v) is 4.81. The zero-order valence-corrected chi connectivity index (χ0v) is 16.0. The van der Waals surface area contributed by atoms with E-state index in [4.69, 9.17) is 4.52 Å². The number of pyridine rings is 1. The van der Waals surface area contributed by atoms with Crippen LogP contribution in [0.1, 0.15) is 38.4 Å². The van der Waals surface area contributed by atoms with Crippen LogP contribution in [0.5, 0.6) is 0 Å². The quantitative estimate of drug-likeness (QED) is 0.637. The minimum absolute atomic E-state index is 0.0979. The molecule has 2 aromatic heterocycles. The molecule has 0 bridgehead atoms. The number of carbonyl (C=O) groups is 1. The molecule has 1 aromatic carbocycles. The van der Waals surface area contributed by atoms with Crippen molar-refractivity contribution < 1.29 is 9.32 Å². The number of benzene rings is 1. The minimum Gasteiger partial charge on any atom is -0.338 e. The lowest BCUT2D eigenvalue weighted by Crippen LogP contribution is -2.20. The van der Waals surface area contributed by atoms with Gasteiger partial charge < -0.3 is 9.84 Å². The van der Waals surface area contributed by atoms with Gasteiger partial charge in [-0.1, -0.05) is 32.0 Å². The topological polar surface area (TPSA) is 80.0 Å². The molecule has 2 amide bonds. The van der Waals surface area contributed by atoms with Crippen LogP contribution in [0.2, 0.25) is 0 Å². The maximum Gasteiger partial charge on any atom is 0.326 e. The number of urea groups is 1. The van der Waals surface area contributed by atoms with Gasteiger partial charge in [0.15, 0.2) is 0 Å². The van der Waals surface area contributed by atoms with E-state index in [-0.39, 0.29) is 11.4 Å². The second kappa shape index (κ2) is 7.61. The Morgan fingerprint density at radius 3 is 2.48 bits per heavy atom. The molecule has 6 nitrogen and oxygen atoms in total. The fourth-order valence-electron chi connectivity index (χ4n) is 2.63. The molecule has 0 radical (unpaired) electrons. The fraction of sp³-hybridized carbons (Fsp3) is 0.286. The van der Waals surface area contributed by atoms with E-state index in [1.807, 2.05) is 37.3 Å². The van der Waals surface area contributed by atoms with Crippen molar-refractivity contribution in [2.75, 3.05) is 10.6 Å². The molecule has 3 aromatic rings. The van der Waals surface area contributed by atoms with Gasteiger partial charge in [0.05, 0.1) is 5.69 Å². The highest BCUT2D eigenvalue weighted by molar-refractivity contribution is 5.99. The molecule has 0 atom stereocenters. The van der Waals surface area contributed by atoms with Gasteiger partial charge in [-0.25, -0.2) is 4.79 Å². The highest BCUT2D eigenvalue weighted by Gasteiger charge is 2.23. The lowest BCUT2D eigenvalue weighted by Gasteiger charge is -2.18. The van der Waals surface area contributed by atoms with Crippen LogP contribution in [0.25, 0.3) is 11.1 Å². The maximum absolute atomic E-state index is 12.3. The molecular formula is C21H24N4O2. The average Bonchev–Trinajstić information content (AvgIpc) is 3.13. The van der Waals surface area contributed by atoms with Gasteiger partial charge in [-0.3, -0.25) is 10.3 Å². The first-order valence-electron chi connectivity index (χ1n) is 8.95. The first kappa shape index (κ1) is 18.6. The SMILES string of the molecule is CCC(C)(C)c1cc(NC(=O)Nc2ccc(-c3ccncc3)cc2C)on1. The van der Waals surface area contributed by atoms with Crippen LogP contribution in [0, 0.1) is 6.92 Å². The van der Waals surface area contributed by atoms with Crippen LogP contribution in [0.4, 0.5) is 16.4 Å². The van der Waals surface area contributed by atoms with Crippen LogP contribution in [-0.2, 0) is 5.41 Å². The lowest BCUT2D eigenvalue weighted by atomic mass is 9.87. The molecule has 0 aliphatic heterocycles. The summed E-state index contributed by atoms with van der Waals surface area (Å²) in [4.78, 5) is 16.3. The number of amides is 2. The Balaban J connectivity index is 1.68. The molecule has 0 saturated heterocycles. The molecule has 0 fully saturated rings. The van der Waals surface area contributed by atoms with E-state index in [0.717, 1.165) is 34.5 Å². The van der Waals surface area contributed by atoms with Crippen LogP contribution >= 0.6 is 0 Å². The Morgan fingerprint density at radius 1 is 1.07 bits per heavy atom. The monoisotopic (exact) mass is 364 g/mol. The molecule has 0 spiro atoms. The van der Waals surface area contributed by atoms with Crippen molar-refractivity contribution in [3.8, 4) is 11.1 Å². The number of anilines is 2. The Hall–Kier alpha value is -3.15. The van der Waals surface area contributed by atoms with Gasteiger partial charge in [-0.2, -0.15) is 0 Å². The van der Waals surface area contributed by atoms with Gasteiger partial charge in [-0.15, -0.1) is 0 Å². The molecule has 2 N–H and O–H groups in total. The number of nitrogens with one attached hydrogen (secondary N) is 2. The molecule has 0 aliphatic carbocycles. The van der Waals surface area contributed by atoms with E-state index in [1.54, 1.807) is 18.5 Å². The highest BCUT2D eigenvalue weighted by Crippen LogP contribution is 2.28. The summed E-state index contributed by atoms with van der Waals surface area (Å²) in [5, 5.41) is 9.60. The van der Waals surface area contributed by atoms with Gasteiger partial charge in [0, 0.05) is 29.6 Å². The van der Waals surface area contributed by atoms with Crippen LogP contribution in [-0.4, -0.2) is 16.2 Å². The van der Waals surface area contributed by atoms with E-state index in [2.05, 4.69) is 41.5 Å². The highest BCUT2D eigenvalue weighted by atomic mass is 16.5. The van der Waals surface area contributed by atoms with Gasteiger partial charge in [0.2, 0.25) is 5.88 Å². The van der Waals surface area contributed by atoms with Gasteiger partial charge in [0.1, 0.15) is 0 Å². The first-order chi connectivity index (χ1) is 12.9. The minimum atomic E-state index is -0.369. The largest absolute Gasteiger partial charge is 0.338 e. The zero-order valence-electron chi connectivity index (χ0n) is 16.0. The van der Waals surface area contributed by atoms with E-state index in [1.165, 1.54) is 0 Å². The van der Waals surface area contributed by atoms with Crippen LogP contribution in [0.3, 0.4) is 0 Å². The van der Waals surface area contributed by atoms with Gasteiger partial charge in [-0.05, 0) is 54.3 Å². The third kappa shape index (κ3) is 4.34. The Bertz CT molecular complexity index is 932.